The fourth-order valence-electron chi connectivity index (χ4n) is 1.59. The third-order valence-corrected chi connectivity index (χ3v) is 4.70. The lowest BCUT2D eigenvalue weighted by Gasteiger charge is -2.15. The van der Waals surface area contributed by atoms with Crippen LogP contribution in [0.1, 0.15) is 25.8 Å². The van der Waals surface area contributed by atoms with Crippen molar-refractivity contribution >= 4 is 21.6 Å². The molecule has 7 heteroatoms. The Morgan fingerprint density at radius 2 is 2.10 bits per heavy atom. The van der Waals surface area contributed by atoms with E-state index in [0.29, 0.717) is 6.42 Å². The lowest BCUT2D eigenvalue weighted by atomic mass is 10.1. The number of aliphatic hydroxyl groups excluding tert-OH is 1. The summed E-state index contributed by atoms with van der Waals surface area (Å²) in [6.07, 6.45) is -0.271. The van der Waals surface area contributed by atoms with E-state index in [0.717, 1.165) is 0 Å². The summed E-state index contributed by atoms with van der Waals surface area (Å²) < 4.78 is 26.6. The van der Waals surface area contributed by atoms with Gasteiger partial charge in [0.25, 0.3) is 0 Å². The van der Waals surface area contributed by atoms with Crippen molar-refractivity contribution in [2.24, 2.45) is 5.92 Å². The molecular weight excluding hydrogens is 300 g/mol. The second kappa shape index (κ2) is 7.04. The van der Waals surface area contributed by atoms with Crippen molar-refractivity contribution in [3.63, 3.8) is 0 Å². The SMILES string of the molecule is CC(C)C(O)CCNS(=O)(=O)c1cccc(Cl)c1C#N. The largest absolute Gasteiger partial charge is 0.393 e. The molecule has 1 unspecified atom stereocenters. The van der Waals surface area contributed by atoms with Gasteiger partial charge in [-0.05, 0) is 24.5 Å². The lowest BCUT2D eigenvalue weighted by Crippen LogP contribution is -2.29. The molecule has 5 nitrogen and oxygen atoms in total. The highest BCUT2D eigenvalue weighted by Crippen LogP contribution is 2.22. The summed E-state index contributed by atoms with van der Waals surface area (Å²) in [7, 11) is -3.81. The van der Waals surface area contributed by atoms with Crippen LogP contribution in [-0.2, 0) is 10.0 Å². The van der Waals surface area contributed by atoms with E-state index in [4.69, 9.17) is 16.9 Å². The van der Waals surface area contributed by atoms with Crippen molar-refractivity contribution < 1.29 is 13.5 Å². The van der Waals surface area contributed by atoms with E-state index in [1.807, 2.05) is 13.8 Å². The molecule has 0 spiro atoms. The van der Waals surface area contributed by atoms with Gasteiger partial charge >= 0.3 is 0 Å². The molecule has 0 heterocycles. The van der Waals surface area contributed by atoms with Crippen LogP contribution >= 0.6 is 11.6 Å². The summed E-state index contributed by atoms with van der Waals surface area (Å²) in [5.41, 5.74) is -0.0777. The van der Waals surface area contributed by atoms with Crippen LogP contribution in [0, 0.1) is 17.2 Å². The zero-order chi connectivity index (χ0) is 15.3. The molecule has 0 aliphatic rings. The summed E-state index contributed by atoms with van der Waals surface area (Å²) in [5, 5.41) is 18.7. The number of aliphatic hydroxyl groups is 1. The number of sulfonamides is 1. The monoisotopic (exact) mass is 316 g/mol. The molecule has 0 saturated heterocycles. The van der Waals surface area contributed by atoms with E-state index in [-0.39, 0.29) is 27.9 Å². The summed E-state index contributed by atoms with van der Waals surface area (Å²) >= 11 is 5.81. The Labute approximate surface area is 124 Å². The summed E-state index contributed by atoms with van der Waals surface area (Å²) in [6, 6.07) is 6.04. The molecule has 0 aliphatic heterocycles. The highest BCUT2D eigenvalue weighted by atomic mass is 35.5. The lowest BCUT2D eigenvalue weighted by molar-refractivity contribution is 0.118. The number of nitrogens with one attached hydrogen (secondary N) is 1. The molecule has 0 aliphatic carbocycles. The maximum Gasteiger partial charge on any atom is 0.241 e. The molecule has 0 radical (unpaired) electrons. The van der Waals surface area contributed by atoms with Gasteiger partial charge in [0.15, 0.2) is 0 Å². The number of nitriles is 1. The third-order valence-electron chi connectivity index (χ3n) is 2.88. The number of hydrogen-bond acceptors (Lipinski definition) is 4. The molecule has 0 bridgehead atoms. The van der Waals surface area contributed by atoms with Crippen LogP contribution < -0.4 is 4.72 Å². The second-order valence-electron chi connectivity index (χ2n) is 4.72. The zero-order valence-corrected chi connectivity index (χ0v) is 12.9. The quantitative estimate of drug-likeness (QED) is 0.838. The number of benzene rings is 1. The van der Waals surface area contributed by atoms with E-state index < -0.39 is 16.1 Å². The minimum absolute atomic E-state index is 0.0559. The van der Waals surface area contributed by atoms with Crippen molar-refractivity contribution in [3.05, 3.63) is 28.8 Å². The Bertz CT molecular complexity index is 609. The molecule has 2 N–H and O–H groups in total. The van der Waals surface area contributed by atoms with E-state index >= 15 is 0 Å². The van der Waals surface area contributed by atoms with Gasteiger partial charge in [0.05, 0.1) is 16.7 Å². The molecule has 0 aromatic heterocycles. The van der Waals surface area contributed by atoms with E-state index in [1.165, 1.54) is 18.2 Å². The van der Waals surface area contributed by atoms with Crippen LogP contribution in [0.15, 0.2) is 23.1 Å². The standard InChI is InChI=1S/C13H17ClN2O3S/c1-9(2)12(17)6-7-16-20(18,19)13-5-3-4-11(14)10(13)8-15/h3-5,9,12,16-17H,6-7H2,1-2H3. The highest BCUT2D eigenvalue weighted by molar-refractivity contribution is 7.89. The first-order valence-corrected chi connectivity index (χ1v) is 8.02. The van der Waals surface area contributed by atoms with Gasteiger partial charge in [-0.25, -0.2) is 13.1 Å². The van der Waals surface area contributed by atoms with Crippen molar-refractivity contribution in [2.45, 2.75) is 31.3 Å². The molecule has 1 rings (SSSR count). The molecule has 0 fully saturated rings. The first-order chi connectivity index (χ1) is 9.29. The predicted octanol–water partition coefficient (Wildman–Crippen LogP) is 1.90. The van der Waals surface area contributed by atoms with Gasteiger partial charge in [-0.2, -0.15) is 5.26 Å². The summed E-state index contributed by atoms with van der Waals surface area (Å²) in [5.74, 6) is 0.0559. The fourth-order valence-corrected chi connectivity index (χ4v) is 3.09. The minimum atomic E-state index is -3.81. The van der Waals surface area contributed by atoms with E-state index in [1.54, 1.807) is 6.07 Å². The van der Waals surface area contributed by atoms with Crippen molar-refractivity contribution in [1.29, 1.82) is 5.26 Å². The molecule has 1 atom stereocenters. The van der Waals surface area contributed by atoms with Crippen molar-refractivity contribution in [3.8, 4) is 6.07 Å². The molecule has 0 amide bonds. The second-order valence-corrected chi connectivity index (χ2v) is 6.87. The molecule has 1 aromatic carbocycles. The van der Waals surface area contributed by atoms with Gasteiger partial charge in [-0.15, -0.1) is 0 Å². The highest BCUT2D eigenvalue weighted by Gasteiger charge is 2.20. The van der Waals surface area contributed by atoms with Gasteiger partial charge in [0.1, 0.15) is 11.0 Å². The Morgan fingerprint density at radius 1 is 1.45 bits per heavy atom. The summed E-state index contributed by atoms with van der Waals surface area (Å²) in [4.78, 5) is -0.147. The van der Waals surface area contributed by atoms with Crippen molar-refractivity contribution in [1.82, 2.24) is 4.72 Å². The zero-order valence-electron chi connectivity index (χ0n) is 11.3. The number of rotatable bonds is 6. The third kappa shape index (κ3) is 4.18. The van der Waals surface area contributed by atoms with Crippen molar-refractivity contribution in [2.75, 3.05) is 6.54 Å². The van der Waals surface area contributed by atoms with Crippen LogP contribution in [0.5, 0.6) is 0 Å². The predicted molar refractivity (Wildman–Crippen MR) is 76.8 cm³/mol. The van der Waals surface area contributed by atoms with E-state index in [9.17, 15) is 13.5 Å². The molecule has 110 valence electrons. The number of hydrogen-bond donors (Lipinski definition) is 2. The van der Waals surface area contributed by atoms with Crippen LogP contribution in [0.4, 0.5) is 0 Å². The first-order valence-electron chi connectivity index (χ1n) is 6.16. The number of nitrogens with zero attached hydrogens (tertiary/aromatic N) is 1. The molecular formula is C13H17ClN2O3S. The van der Waals surface area contributed by atoms with Crippen LogP contribution in [0.3, 0.4) is 0 Å². The normalized spacial score (nSPS) is 13.2. The van der Waals surface area contributed by atoms with Gasteiger partial charge in [-0.3, -0.25) is 0 Å². The average Bonchev–Trinajstić information content (AvgIpc) is 2.37. The Kier molecular flexibility index (Phi) is 5.96. The Morgan fingerprint density at radius 3 is 2.65 bits per heavy atom. The van der Waals surface area contributed by atoms with Gasteiger partial charge in [0, 0.05) is 6.54 Å². The first kappa shape index (κ1) is 16.9. The van der Waals surface area contributed by atoms with Crippen LogP contribution in [-0.4, -0.2) is 26.2 Å². The minimum Gasteiger partial charge on any atom is -0.393 e. The van der Waals surface area contributed by atoms with Gasteiger partial charge in [-0.1, -0.05) is 31.5 Å². The maximum absolute atomic E-state index is 12.1. The van der Waals surface area contributed by atoms with Crippen LogP contribution in [0.2, 0.25) is 5.02 Å². The van der Waals surface area contributed by atoms with Crippen LogP contribution in [0.25, 0.3) is 0 Å². The summed E-state index contributed by atoms with van der Waals surface area (Å²) in [6.45, 7) is 3.80. The maximum atomic E-state index is 12.1. The fraction of sp³-hybridized carbons (Fsp3) is 0.462. The van der Waals surface area contributed by atoms with E-state index in [2.05, 4.69) is 4.72 Å². The molecule has 1 aromatic rings. The van der Waals surface area contributed by atoms with Gasteiger partial charge < -0.3 is 5.11 Å². The Balaban J connectivity index is 2.86. The van der Waals surface area contributed by atoms with Gasteiger partial charge in [0.2, 0.25) is 10.0 Å². The molecule has 20 heavy (non-hydrogen) atoms. The topological polar surface area (TPSA) is 90.2 Å². The smallest absolute Gasteiger partial charge is 0.241 e. The molecule has 0 saturated carbocycles. The Hall–Kier alpha value is -1.13. The number of halogens is 1. The average molecular weight is 317 g/mol.